The molecule has 0 saturated carbocycles. The number of rotatable bonds is 8. The quantitative estimate of drug-likeness (QED) is 0.162. The summed E-state index contributed by atoms with van der Waals surface area (Å²) in [6.07, 6.45) is -1.25. The number of benzene rings is 5. The van der Waals surface area contributed by atoms with Crippen LogP contribution in [0.5, 0.6) is 5.75 Å². The zero-order valence-corrected chi connectivity index (χ0v) is 22.5. The Kier molecular flexibility index (Phi) is 12.5. The molecule has 0 spiro atoms. The van der Waals surface area contributed by atoms with Gasteiger partial charge in [-0.2, -0.15) is 0 Å². The minimum absolute atomic E-state index is 0.118. The molecule has 4 N–H and O–H groups in total. The Bertz CT molecular complexity index is 1420. The number of aromatic carboxylic acids is 1. The molecule has 5 aromatic carbocycles. The van der Waals surface area contributed by atoms with Gasteiger partial charge >= 0.3 is 5.97 Å². The van der Waals surface area contributed by atoms with Gasteiger partial charge in [0.2, 0.25) is 0 Å². The third kappa shape index (κ3) is 10.6. The van der Waals surface area contributed by atoms with Gasteiger partial charge in [0, 0.05) is 13.1 Å². The number of carbonyl (C=O) groups excluding carboxylic acids is 1. The number of para-hydroxylation sites is 1. The minimum Gasteiger partial charge on any atom is -0.507 e. The number of carbonyl (C=O) groups is 2. The first-order chi connectivity index (χ1) is 20.0. The lowest BCUT2D eigenvalue weighted by atomic mass is 9.99. The van der Waals surface area contributed by atoms with Gasteiger partial charge in [0.25, 0.3) is 0 Å². The van der Waals surface area contributed by atoms with Gasteiger partial charge in [-0.25, -0.2) is 4.79 Å². The van der Waals surface area contributed by atoms with E-state index in [0.29, 0.717) is 11.1 Å². The Morgan fingerprint density at radius 2 is 1.00 bits per heavy atom. The van der Waals surface area contributed by atoms with Crippen molar-refractivity contribution < 1.29 is 24.9 Å². The van der Waals surface area contributed by atoms with E-state index in [-0.39, 0.29) is 11.3 Å². The van der Waals surface area contributed by atoms with Gasteiger partial charge in [0.15, 0.2) is 5.78 Å². The fourth-order valence-corrected chi connectivity index (χ4v) is 3.74. The number of carboxylic acid groups (broad SMARTS) is 1. The van der Waals surface area contributed by atoms with Crippen LogP contribution in [-0.4, -0.2) is 27.1 Å². The molecule has 0 radical (unpaired) electrons. The van der Waals surface area contributed by atoms with E-state index >= 15 is 0 Å². The standard InChI is InChI=1S/C14H15N.C14H12O3.C7H6O2/c1-3-7-13(8-4-1)11-15-12-14-9-5-2-6-10-14;15-12-9-5-4-8-11(12)14(17)13(16)10-6-2-1-3-7-10;8-7(9)6-4-2-1-3-5-6/h1-10,15H,11-12H2;1-9,13,15-16H;1-5H,(H,8,9). The van der Waals surface area contributed by atoms with Gasteiger partial charge in [0.05, 0.1) is 11.1 Å². The Labute approximate surface area is 240 Å². The molecule has 5 rings (SSSR count). The second-order valence-electron chi connectivity index (χ2n) is 8.94. The molecule has 0 saturated heterocycles. The molecule has 5 aromatic rings. The molecule has 6 nitrogen and oxygen atoms in total. The molecule has 0 aliphatic heterocycles. The maximum Gasteiger partial charge on any atom is 0.335 e. The van der Waals surface area contributed by atoms with Gasteiger partial charge in [-0.3, -0.25) is 4.79 Å². The monoisotopic (exact) mass is 547 g/mol. The summed E-state index contributed by atoms with van der Waals surface area (Å²) in [5.74, 6) is -1.50. The highest BCUT2D eigenvalue weighted by atomic mass is 16.4. The van der Waals surface area contributed by atoms with Crippen LogP contribution in [0.25, 0.3) is 0 Å². The van der Waals surface area contributed by atoms with Gasteiger partial charge < -0.3 is 20.6 Å². The Hall–Kier alpha value is -5.04. The number of aliphatic hydroxyl groups is 1. The third-order valence-electron chi connectivity index (χ3n) is 5.90. The van der Waals surface area contributed by atoms with E-state index in [1.807, 2.05) is 12.1 Å². The van der Waals surface area contributed by atoms with E-state index in [1.165, 1.54) is 23.3 Å². The number of Topliss-reactive ketones (excluding diaryl/α,β-unsaturated/α-hetero) is 1. The third-order valence-corrected chi connectivity index (χ3v) is 5.90. The fourth-order valence-electron chi connectivity index (χ4n) is 3.74. The normalized spacial score (nSPS) is 10.7. The predicted molar refractivity (Wildman–Crippen MR) is 161 cm³/mol. The van der Waals surface area contributed by atoms with Crippen molar-refractivity contribution in [3.8, 4) is 5.75 Å². The maximum atomic E-state index is 12.0. The number of nitrogens with one attached hydrogen (secondary N) is 1. The summed E-state index contributed by atoms with van der Waals surface area (Å²) in [6.45, 7) is 1.85. The van der Waals surface area contributed by atoms with Crippen LogP contribution in [0, 0.1) is 0 Å². The van der Waals surface area contributed by atoms with Crippen LogP contribution in [0.2, 0.25) is 0 Å². The van der Waals surface area contributed by atoms with E-state index in [2.05, 4.69) is 53.8 Å². The van der Waals surface area contributed by atoms with Crippen molar-refractivity contribution in [2.24, 2.45) is 0 Å². The molecule has 0 aromatic heterocycles. The molecule has 6 heteroatoms. The minimum atomic E-state index is -1.25. The predicted octanol–water partition coefficient (Wildman–Crippen LogP) is 6.67. The van der Waals surface area contributed by atoms with E-state index < -0.39 is 17.9 Å². The molecule has 1 atom stereocenters. The highest BCUT2D eigenvalue weighted by molar-refractivity contribution is 6.02. The van der Waals surface area contributed by atoms with Crippen LogP contribution in [0.1, 0.15) is 43.5 Å². The maximum absolute atomic E-state index is 12.0. The molecular formula is C35H33NO5. The number of hydrogen-bond donors (Lipinski definition) is 4. The molecular weight excluding hydrogens is 514 g/mol. The molecule has 0 amide bonds. The van der Waals surface area contributed by atoms with Crippen LogP contribution in [0.3, 0.4) is 0 Å². The van der Waals surface area contributed by atoms with Crippen molar-refractivity contribution in [3.63, 3.8) is 0 Å². The zero-order valence-electron chi connectivity index (χ0n) is 22.5. The first-order valence-electron chi connectivity index (χ1n) is 13.1. The summed E-state index contributed by atoms with van der Waals surface area (Å²) in [5, 5.41) is 31.3. The van der Waals surface area contributed by atoms with E-state index in [9.17, 15) is 19.8 Å². The lowest BCUT2D eigenvalue weighted by molar-refractivity contribution is 0.0696. The van der Waals surface area contributed by atoms with Crippen molar-refractivity contribution in [2.45, 2.75) is 19.2 Å². The van der Waals surface area contributed by atoms with Crippen molar-refractivity contribution in [2.75, 3.05) is 0 Å². The average Bonchev–Trinajstić information content (AvgIpc) is 3.03. The van der Waals surface area contributed by atoms with Crippen molar-refractivity contribution >= 4 is 11.8 Å². The van der Waals surface area contributed by atoms with Crippen molar-refractivity contribution in [1.82, 2.24) is 5.32 Å². The van der Waals surface area contributed by atoms with Crippen LogP contribution >= 0.6 is 0 Å². The van der Waals surface area contributed by atoms with Crippen LogP contribution in [0.15, 0.2) is 146 Å². The number of phenols is 1. The van der Waals surface area contributed by atoms with Crippen LogP contribution in [0.4, 0.5) is 0 Å². The fraction of sp³-hybridized carbons (Fsp3) is 0.0857. The summed E-state index contributed by atoms with van der Waals surface area (Å²) < 4.78 is 0. The number of ketones is 1. The summed E-state index contributed by atoms with van der Waals surface area (Å²) in [5.41, 5.74) is 3.63. The number of aromatic hydroxyl groups is 1. The van der Waals surface area contributed by atoms with Crippen LogP contribution in [-0.2, 0) is 13.1 Å². The Morgan fingerprint density at radius 3 is 1.44 bits per heavy atom. The Morgan fingerprint density at radius 1 is 0.585 bits per heavy atom. The van der Waals surface area contributed by atoms with Crippen LogP contribution < -0.4 is 5.32 Å². The molecule has 0 aliphatic carbocycles. The molecule has 0 aliphatic rings. The summed E-state index contributed by atoms with van der Waals surface area (Å²) >= 11 is 0. The zero-order chi connectivity index (χ0) is 29.3. The number of phenolic OH excluding ortho intramolecular Hbond substituents is 1. The van der Waals surface area contributed by atoms with Gasteiger partial charge in [-0.05, 0) is 41.0 Å². The topological polar surface area (TPSA) is 107 Å². The molecule has 0 bridgehead atoms. The summed E-state index contributed by atoms with van der Waals surface area (Å²) in [6, 6.07) is 44.0. The van der Waals surface area contributed by atoms with Gasteiger partial charge in [-0.1, -0.05) is 121 Å². The molecule has 0 fully saturated rings. The van der Waals surface area contributed by atoms with E-state index in [0.717, 1.165) is 13.1 Å². The second kappa shape index (κ2) is 16.8. The molecule has 41 heavy (non-hydrogen) atoms. The Balaban J connectivity index is 0.000000177. The lowest BCUT2D eigenvalue weighted by Crippen LogP contribution is -2.12. The first-order valence-corrected chi connectivity index (χ1v) is 13.1. The summed E-state index contributed by atoms with van der Waals surface area (Å²) in [4.78, 5) is 22.2. The summed E-state index contributed by atoms with van der Waals surface area (Å²) in [7, 11) is 0. The lowest BCUT2D eigenvalue weighted by Gasteiger charge is -2.10. The van der Waals surface area contributed by atoms with E-state index in [1.54, 1.807) is 72.8 Å². The largest absolute Gasteiger partial charge is 0.507 e. The molecule has 208 valence electrons. The van der Waals surface area contributed by atoms with Gasteiger partial charge in [0.1, 0.15) is 11.9 Å². The highest BCUT2D eigenvalue weighted by Gasteiger charge is 2.21. The second-order valence-corrected chi connectivity index (χ2v) is 8.94. The van der Waals surface area contributed by atoms with Crippen molar-refractivity contribution in [3.05, 3.63) is 173 Å². The number of carboxylic acids is 1. The number of aliphatic hydroxyl groups excluding tert-OH is 1. The average molecular weight is 548 g/mol. The molecule has 1 unspecified atom stereocenters. The van der Waals surface area contributed by atoms with Crippen molar-refractivity contribution in [1.29, 1.82) is 0 Å². The van der Waals surface area contributed by atoms with Gasteiger partial charge in [-0.15, -0.1) is 0 Å². The SMILES string of the molecule is O=C(O)c1ccccc1.O=C(c1ccccc1O)C(O)c1ccccc1.c1ccc(CNCc2ccccc2)cc1. The number of hydrogen-bond acceptors (Lipinski definition) is 5. The highest BCUT2D eigenvalue weighted by Crippen LogP contribution is 2.23. The smallest absolute Gasteiger partial charge is 0.335 e. The molecule has 0 heterocycles. The van der Waals surface area contributed by atoms with E-state index in [4.69, 9.17) is 5.11 Å². The first kappa shape index (κ1) is 30.5.